The van der Waals surface area contributed by atoms with Crippen molar-refractivity contribution >= 4 is 11.9 Å². The summed E-state index contributed by atoms with van der Waals surface area (Å²) in [5.74, 6) is -0.907. The number of nitrogens with one attached hydrogen (secondary N) is 1. The Hall–Kier alpha value is -1.92. The highest BCUT2D eigenvalue weighted by Gasteiger charge is 2.30. The number of unbranched alkanes of at least 4 members (excludes halogenated alkanes) is 1. The minimum Gasteiger partial charge on any atom is -0.481 e. The predicted molar refractivity (Wildman–Crippen MR) is 100 cm³/mol. The second kappa shape index (κ2) is 10.9. The third kappa shape index (κ3) is 6.77. The summed E-state index contributed by atoms with van der Waals surface area (Å²) in [7, 11) is 0. The molecule has 2 N–H and O–H groups in total. The number of aliphatic carboxylic acids is 1. The maximum atomic E-state index is 12.8. The van der Waals surface area contributed by atoms with Crippen LogP contribution in [0.25, 0.3) is 0 Å². The fourth-order valence-corrected chi connectivity index (χ4v) is 3.23. The van der Waals surface area contributed by atoms with Crippen LogP contribution in [-0.4, -0.2) is 60.3 Å². The van der Waals surface area contributed by atoms with E-state index in [0.717, 1.165) is 31.5 Å². The topological polar surface area (TPSA) is 78.9 Å². The lowest BCUT2D eigenvalue weighted by atomic mass is 10.0. The second-order valence-electron chi connectivity index (χ2n) is 6.81. The molecule has 0 spiro atoms. The highest BCUT2D eigenvalue weighted by atomic mass is 16.5. The van der Waals surface area contributed by atoms with Crippen LogP contribution in [0.3, 0.4) is 0 Å². The Kier molecular flexibility index (Phi) is 8.58. The fourth-order valence-electron chi connectivity index (χ4n) is 3.23. The molecule has 1 aliphatic heterocycles. The second-order valence-corrected chi connectivity index (χ2v) is 6.81. The van der Waals surface area contributed by atoms with Gasteiger partial charge in [0.25, 0.3) is 0 Å². The quantitative estimate of drug-likeness (QED) is 0.666. The van der Waals surface area contributed by atoms with E-state index < -0.39 is 5.97 Å². The van der Waals surface area contributed by atoms with Gasteiger partial charge in [-0.05, 0) is 31.4 Å². The number of ether oxygens (including phenoxy) is 1. The summed E-state index contributed by atoms with van der Waals surface area (Å²) in [4.78, 5) is 26.0. The summed E-state index contributed by atoms with van der Waals surface area (Å²) in [6.45, 7) is 4.83. The Labute approximate surface area is 155 Å². The molecule has 0 radical (unpaired) electrons. The lowest BCUT2D eigenvalue weighted by molar-refractivity contribution is -0.138. The molecule has 1 aromatic rings. The van der Waals surface area contributed by atoms with E-state index >= 15 is 0 Å². The molecule has 0 aliphatic carbocycles. The van der Waals surface area contributed by atoms with E-state index in [1.165, 1.54) is 0 Å². The van der Waals surface area contributed by atoms with Crippen LogP contribution in [0.2, 0.25) is 0 Å². The number of carbonyl (C=O) groups is 2. The number of rotatable bonds is 10. The highest BCUT2D eigenvalue weighted by molar-refractivity contribution is 5.82. The molecule has 1 saturated heterocycles. The first-order valence-electron chi connectivity index (χ1n) is 9.48. The van der Waals surface area contributed by atoms with E-state index in [2.05, 4.69) is 17.1 Å². The van der Waals surface area contributed by atoms with Gasteiger partial charge in [-0.1, -0.05) is 43.7 Å². The van der Waals surface area contributed by atoms with Crippen molar-refractivity contribution in [2.45, 2.75) is 51.1 Å². The SMILES string of the molecule is CCCCN1CCOCC1C(=O)NC(CCC(=O)O)Cc1ccccc1. The molecule has 0 aromatic heterocycles. The van der Waals surface area contributed by atoms with Gasteiger partial charge in [-0.2, -0.15) is 0 Å². The highest BCUT2D eigenvalue weighted by Crippen LogP contribution is 2.12. The Balaban J connectivity index is 1.99. The lowest BCUT2D eigenvalue weighted by Crippen LogP contribution is -2.55. The zero-order valence-electron chi connectivity index (χ0n) is 15.5. The smallest absolute Gasteiger partial charge is 0.303 e. The van der Waals surface area contributed by atoms with Gasteiger partial charge >= 0.3 is 5.97 Å². The largest absolute Gasteiger partial charge is 0.481 e. The van der Waals surface area contributed by atoms with Crippen molar-refractivity contribution in [3.63, 3.8) is 0 Å². The Morgan fingerprint density at radius 2 is 2.12 bits per heavy atom. The molecular formula is C20H30N2O4. The minimum atomic E-state index is -0.845. The maximum Gasteiger partial charge on any atom is 0.303 e. The van der Waals surface area contributed by atoms with Gasteiger partial charge in [0.1, 0.15) is 6.04 Å². The standard InChI is InChI=1S/C20H30N2O4/c1-2-3-11-22-12-13-26-15-18(22)20(25)21-17(9-10-19(23)24)14-16-7-5-4-6-8-16/h4-8,17-18H,2-3,9-15H2,1H3,(H,21,25)(H,23,24). The van der Waals surface area contributed by atoms with Gasteiger partial charge in [-0.25, -0.2) is 0 Å². The molecule has 1 amide bonds. The summed E-state index contributed by atoms with van der Waals surface area (Å²) in [6.07, 6.45) is 3.22. The van der Waals surface area contributed by atoms with Crippen LogP contribution in [0.4, 0.5) is 0 Å². The lowest BCUT2D eigenvalue weighted by Gasteiger charge is -2.35. The van der Waals surface area contributed by atoms with Crippen LogP contribution >= 0.6 is 0 Å². The number of nitrogens with zero attached hydrogens (tertiary/aromatic N) is 1. The van der Waals surface area contributed by atoms with E-state index in [1.807, 2.05) is 30.3 Å². The van der Waals surface area contributed by atoms with Crippen LogP contribution < -0.4 is 5.32 Å². The average molecular weight is 362 g/mol. The van der Waals surface area contributed by atoms with E-state index in [1.54, 1.807) is 0 Å². The fraction of sp³-hybridized carbons (Fsp3) is 0.600. The minimum absolute atomic E-state index is 0.0402. The van der Waals surface area contributed by atoms with Gasteiger partial charge in [0.05, 0.1) is 13.2 Å². The predicted octanol–water partition coefficient (Wildman–Crippen LogP) is 2.08. The van der Waals surface area contributed by atoms with Crippen LogP contribution in [0.1, 0.15) is 38.2 Å². The summed E-state index contributed by atoms with van der Waals surface area (Å²) in [5, 5.41) is 12.1. The van der Waals surface area contributed by atoms with Crippen molar-refractivity contribution in [3.8, 4) is 0 Å². The van der Waals surface area contributed by atoms with Gasteiger partial charge in [0.2, 0.25) is 5.91 Å². The number of amides is 1. The molecule has 1 heterocycles. The molecule has 144 valence electrons. The van der Waals surface area contributed by atoms with Crippen LogP contribution in [0.15, 0.2) is 30.3 Å². The van der Waals surface area contributed by atoms with Gasteiger partial charge in [-0.3, -0.25) is 14.5 Å². The first-order chi connectivity index (χ1) is 12.6. The van der Waals surface area contributed by atoms with Crippen molar-refractivity contribution in [1.82, 2.24) is 10.2 Å². The monoisotopic (exact) mass is 362 g/mol. The zero-order valence-corrected chi connectivity index (χ0v) is 15.5. The summed E-state index contributed by atoms with van der Waals surface area (Å²) < 4.78 is 5.51. The average Bonchev–Trinajstić information content (AvgIpc) is 2.65. The van der Waals surface area contributed by atoms with Gasteiger partial charge < -0.3 is 15.2 Å². The summed E-state index contributed by atoms with van der Waals surface area (Å²) in [6, 6.07) is 9.35. The third-order valence-electron chi connectivity index (χ3n) is 4.72. The molecule has 26 heavy (non-hydrogen) atoms. The number of morpholine rings is 1. The Morgan fingerprint density at radius 3 is 2.81 bits per heavy atom. The van der Waals surface area contributed by atoms with Gasteiger partial charge in [-0.15, -0.1) is 0 Å². The first kappa shape index (κ1) is 20.4. The number of hydrogen-bond acceptors (Lipinski definition) is 4. The molecule has 1 fully saturated rings. The van der Waals surface area contributed by atoms with Crippen LogP contribution in [0.5, 0.6) is 0 Å². The van der Waals surface area contributed by atoms with Crippen molar-refractivity contribution in [1.29, 1.82) is 0 Å². The summed E-state index contributed by atoms with van der Waals surface area (Å²) in [5.41, 5.74) is 1.09. The molecular weight excluding hydrogens is 332 g/mol. The Morgan fingerprint density at radius 1 is 1.35 bits per heavy atom. The number of hydrogen-bond donors (Lipinski definition) is 2. The number of carboxylic acid groups (broad SMARTS) is 1. The molecule has 0 saturated carbocycles. The number of carboxylic acids is 1. The van der Waals surface area contributed by atoms with Gasteiger partial charge in [0.15, 0.2) is 0 Å². The molecule has 1 aliphatic rings. The summed E-state index contributed by atoms with van der Waals surface area (Å²) >= 11 is 0. The van der Waals surface area contributed by atoms with E-state index in [0.29, 0.717) is 26.1 Å². The van der Waals surface area contributed by atoms with Crippen molar-refractivity contribution in [3.05, 3.63) is 35.9 Å². The van der Waals surface area contributed by atoms with Crippen molar-refractivity contribution in [2.24, 2.45) is 0 Å². The number of carbonyl (C=O) groups excluding carboxylic acids is 1. The third-order valence-corrected chi connectivity index (χ3v) is 4.72. The van der Waals surface area contributed by atoms with Crippen molar-refractivity contribution < 1.29 is 19.4 Å². The maximum absolute atomic E-state index is 12.8. The molecule has 2 rings (SSSR count). The molecule has 6 nitrogen and oxygen atoms in total. The molecule has 2 atom stereocenters. The van der Waals surface area contributed by atoms with Crippen molar-refractivity contribution in [2.75, 3.05) is 26.3 Å². The first-order valence-corrected chi connectivity index (χ1v) is 9.48. The van der Waals surface area contributed by atoms with Gasteiger partial charge in [0, 0.05) is 19.0 Å². The zero-order chi connectivity index (χ0) is 18.8. The molecule has 1 aromatic carbocycles. The Bertz CT molecular complexity index is 564. The van der Waals surface area contributed by atoms with Crippen LogP contribution in [-0.2, 0) is 20.7 Å². The number of benzene rings is 1. The normalized spacial score (nSPS) is 19.0. The van der Waals surface area contributed by atoms with E-state index in [4.69, 9.17) is 9.84 Å². The van der Waals surface area contributed by atoms with Crippen LogP contribution in [0, 0.1) is 0 Å². The van der Waals surface area contributed by atoms with E-state index in [9.17, 15) is 9.59 Å². The molecule has 6 heteroatoms. The molecule has 0 bridgehead atoms. The molecule has 2 unspecified atom stereocenters. The van der Waals surface area contributed by atoms with E-state index in [-0.39, 0.29) is 24.4 Å².